The fourth-order valence-electron chi connectivity index (χ4n) is 4.10. The highest BCUT2D eigenvalue weighted by Gasteiger charge is 2.40. The fourth-order valence-corrected chi connectivity index (χ4v) is 4.10. The number of hydrogen-bond acceptors (Lipinski definition) is 4. The van der Waals surface area contributed by atoms with Crippen LogP contribution in [0.15, 0.2) is 41.8 Å². The van der Waals surface area contributed by atoms with Gasteiger partial charge in [-0.05, 0) is 70.2 Å². The molecule has 0 saturated heterocycles. The molecule has 3 unspecified atom stereocenters. The van der Waals surface area contributed by atoms with E-state index < -0.39 is 23.5 Å². The van der Waals surface area contributed by atoms with Crippen molar-refractivity contribution in [2.24, 2.45) is 5.92 Å². The van der Waals surface area contributed by atoms with Gasteiger partial charge >= 0.3 is 5.97 Å². The Labute approximate surface area is 183 Å². The van der Waals surface area contributed by atoms with E-state index in [2.05, 4.69) is 0 Å². The summed E-state index contributed by atoms with van der Waals surface area (Å²) < 4.78 is 47.1. The van der Waals surface area contributed by atoms with Gasteiger partial charge in [0.2, 0.25) is 0 Å². The summed E-state index contributed by atoms with van der Waals surface area (Å²) >= 11 is 0. The number of benzene rings is 1. The van der Waals surface area contributed by atoms with Gasteiger partial charge in [-0.1, -0.05) is 25.1 Å². The van der Waals surface area contributed by atoms with Gasteiger partial charge in [-0.2, -0.15) is 0 Å². The topological polar surface area (TPSA) is 44.8 Å². The molecular formula is C25H32F2O4. The number of halogens is 2. The van der Waals surface area contributed by atoms with Gasteiger partial charge in [-0.15, -0.1) is 0 Å². The molecule has 1 aliphatic heterocycles. The van der Waals surface area contributed by atoms with Crippen molar-refractivity contribution in [1.82, 2.24) is 0 Å². The highest BCUT2D eigenvalue weighted by Crippen LogP contribution is 2.39. The van der Waals surface area contributed by atoms with E-state index in [9.17, 15) is 9.18 Å². The van der Waals surface area contributed by atoms with Crippen molar-refractivity contribution in [2.45, 2.75) is 77.9 Å². The van der Waals surface area contributed by atoms with Crippen molar-refractivity contribution < 1.29 is 27.8 Å². The van der Waals surface area contributed by atoms with Crippen LogP contribution in [0.5, 0.6) is 5.75 Å². The van der Waals surface area contributed by atoms with E-state index in [1.165, 1.54) is 19.1 Å². The molecule has 4 nitrogen and oxygen atoms in total. The zero-order valence-electron chi connectivity index (χ0n) is 19.0. The number of carbonyl (C=O) groups is 1. The molecule has 1 aromatic rings. The third-order valence-electron chi connectivity index (χ3n) is 5.74. The highest BCUT2D eigenvalue weighted by atomic mass is 19.2. The third-order valence-corrected chi connectivity index (χ3v) is 5.74. The Morgan fingerprint density at radius 2 is 2.06 bits per heavy atom. The molecule has 1 aliphatic carbocycles. The average molecular weight is 435 g/mol. The van der Waals surface area contributed by atoms with Gasteiger partial charge in [0.05, 0.1) is 19.1 Å². The summed E-state index contributed by atoms with van der Waals surface area (Å²) in [5.74, 6) is -0.809. The Bertz CT molecular complexity index is 886. The molecule has 31 heavy (non-hydrogen) atoms. The van der Waals surface area contributed by atoms with Crippen LogP contribution in [0.3, 0.4) is 0 Å². The fraction of sp³-hybridized carbons (Fsp3) is 0.560. The van der Waals surface area contributed by atoms with Crippen molar-refractivity contribution in [3.8, 4) is 5.75 Å². The Kier molecular flexibility index (Phi) is 6.89. The first kappa shape index (κ1) is 23.5. The van der Waals surface area contributed by atoms with Crippen molar-refractivity contribution >= 4 is 5.97 Å². The maximum Gasteiger partial charge on any atom is 0.308 e. The number of allylic oxidation sites excluding steroid dienone is 2. The van der Waals surface area contributed by atoms with Crippen molar-refractivity contribution in [3.63, 3.8) is 0 Å². The molecule has 170 valence electrons. The highest BCUT2D eigenvalue weighted by molar-refractivity contribution is 5.72. The summed E-state index contributed by atoms with van der Waals surface area (Å²) in [6.07, 6.45) is 3.25. The molecule has 0 N–H and O–H groups in total. The lowest BCUT2D eigenvalue weighted by molar-refractivity contribution is -0.147. The lowest BCUT2D eigenvalue weighted by Gasteiger charge is -2.35. The second-order valence-electron chi connectivity index (χ2n) is 9.22. The minimum atomic E-state index is -2.04. The molecule has 0 amide bonds. The second kappa shape index (κ2) is 9.11. The summed E-state index contributed by atoms with van der Waals surface area (Å²) in [6.45, 7) is 9.06. The van der Waals surface area contributed by atoms with E-state index in [4.69, 9.17) is 14.2 Å². The first-order valence-electron chi connectivity index (χ1n) is 10.9. The molecule has 0 radical (unpaired) electrons. The summed E-state index contributed by atoms with van der Waals surface area (Å²) in [7, 11) is 0. The maximum absolute atomic E-state index is 15.4. The van der Waals surface area contributed by atoms with E-state index in [0.29, 0.717) is 5.57 Å². The predicted octanol–water partition coefficient (Wildman–Crippen LogP) is 5.79. The SMILES string of the molecule is CCOC(=O)C(C)CC1=CC(C)(F)C(OCc2cccc3c2OC(C)(C)CC3)C(F)=C1. The van der Waals surface area contributed by atoms with E-state index in [0.717, 1.165) is 29.7 Å². The number of hydrogen-bond donors (Lipinski definition) is 0. The number of para-hydroxylation sites is 1. The third kappa shape index (κ3) is 5.53. The molecule has 0 saturated carbocycles. The molecule has 0 spiro atoms. The van der Waals surface area contributed by atoms with Crippen LogP contribution in [0.1, 0.15) is 58.6 Å². The first-order chi connectivity index (χ1) is 14.5. The van der Waals surface area contributed by atoms with Crippen LogP contribution < -0.4 is 4.74 Å². The Balaban J connectivity index is 1.71. The van der Waals surface area contributed by atoms with Gasteiger partial charge in [0, 0.05) is 5.56 Å². The molecular weight excluding hydrogens is 402 g/mol. The normalized spacial score (nSPS) is 25.6. The second-order valence-corrected chi connectivity index (χ2v) is 9.22. The van der Waals surface area contributed by atoms with Crippen molar-refractivity contribution in [2.75, 3.05) is 6.61 Å². The van der Waals surface area contributed by atoms with Crippen LogP contribution in [-0.2, 0) is 27.3 Å². The molecule has 0 bridgehead atoms. The van der Waals surface area contributed by atoms with Crippen LogP contribution in [-0.4, -0.2) is 29.9 Å². The van der Waals surface area contributed by atoms with Gasteiger partial charge in [0.15, 0.2) is 5.67 Å². The van der Waals surface area contributed by atoms with E-state index in [1.807, 2.05) is 32.0 Å². The lowest BCUT2D eigenvalue weighted by atomic mass is 9.87. The van der Waals surface area contributed by atoms with Crippen molar-refractivity contribution in [3.05, 3.63) is 52.9 Å². The quantitative estimate of drug-likeness (QED) is 0.510. The van der Waals surface area contributed by atoms with Gasteiger partial charge in [0.1, 0.15) is 23.3 Å². The summed E-state index contributed by atoms with van der Waals surface area (Å²) in [5, 5.41) is 0. The number of alkyl halides is 1. The largest absolute Gasteiger partial charge is 0.487 e. The summed E-state index contributed by atoms with van der Waals surface area (Å²) in [4.78, 5) is 11.9. The van der Waals surface area contributed by atoms with Crippen molar-refractivity contribution in [1.29, 1.82) is 0 Å². The summed E-state index contributed by atoms with van der Waals surface area (Å²) in [5.41, 5.74) is -0.0544. The molecule has 0 fully saturated rings. The Morgan fingerprint density at radius 1 is 1.32 bits per heavy atom. The minimum absolute atomic E-state index is 0.0348. The molecule has 6 heteroatoms. The smallest absolute Gasteiger partial charge is 0.308 e. The number of esters is 1. The number of aryl methyl sites for hydroxylation is 1. The van der Waals surface area contributed by atoms with Gasteiger partial charge in [-0.25, -0.2) is 8.78 Å². The molecule has 2 aliphatic rings. The molecule has 1 heterocycles. The van der Waals surface area contributed by atoms with Gasteiger partial charge in [-0.3, -0.25) is 4.79 Å². The molecule has 3 atom stereocenters. The van der Waals surface area contributed by atoms with Crippen LogP contribution in [0.25, 0.3) is 0 Å². The van der Waals surface area contributed by atoms with Crippen LogP contribution in [0.4, 0.5) is 8.78 Å². The predicted molar refractivity (Wildman–Crippen MR) is 115 cm³/mol. The van der Waals surface area contributed by atoms with E-state index >= 15 is 4.39 Å². The molecule has 0 aromatic heterocycles. The van der Waals surface area contributed by atoms with Crippen LogP contribution >= 0.6 is 0 Å². The number of rotatable bonds is 7. The Morgan fingerprint density at radius 3 is 2.74 bits per heavy atom. The van der Waals surface area contributed by atoms with E-state index in [1.54, 1.807) is 13.8 Å². The molecule has 3 rings (SSSR count). The number of ether oxygens (including phenoxy) is 3. The van der Waals surface area contributed by atoms with Crippen LogP contribution in [0.2, 0.25) is 0 Å². The first-order valence-corrected chi connectivity index (χ1v) is 10.9. The average Bonchev–Trinajstić information content (AvgIpc) is 2.66. The minimum Gasteiger partial charge on any atom is -0.487 e. The number of carbonyl (C=O) groups excluding carboxylic acids is 1. The number of fused-ring (bicyclic) bond motifs is 1. The summed E-state index contributed by atoms with van der Waals surface area (Å²) in [6, 6.07) is 5.78. The van der Waals surface area contributed by atoms with E-state index in [-0.39, 0.29) is 31.2 Å². The van der Waals surface area contributed by atoms with Gasteiger partial charge < -0.3 is 14.2 Å². The molecule has 1 aromatic carbocycles. The standard InChI is InChI=1S/C25H32F2O4/c1-6-29-23(28)16(2)12-17-13-20(26)22(25(5,27)14-17)30-15-19-9-7-8-18-10-11-24(3,4)31-21(18)19/h7-9,13-14,16,22H,6,10-12,15H2,1-5H3. The lowest BCUT2D eigenvalue weighted by Crippen LogP contribution is -2.38. The maximum atomic E-state index is 15.4. The van der Waals surface area contributed by atoms with Gasteiger partial charge in [0.25, 0.3) is 0 Å². The Hall–Kier alpha value is -2.21. The zero-order valence-corrected chi connectivity index (χ0v) is 19.0. The zero-order chi connectivity index (χ0) is 22.8. The monoisotopic (exact) mass is 434 g/mol. The van der Waals surface area contributed by atoms with Crippen LogP contribution in [0, 0.1) is 5.92 Å².